The van der Waals surface area contributed by atoms with Gasteiger partial charge in [-0.05, 0) is 57.5 Å². The molecular formula is C16H26N2. The van der Waals surface area contributed by atoms with Gasteiger partial charge in [-0.3, -0.25) is 4.90 Å². The van der Waals surface area contributed by atoms with Gasteiger partial charge in [-0.1, -0.05) is 18.6 Å². The molecule has 1 aromatic carbocycles. The zero-order valence-electron chi connectivity index (χ0n) is 12.0. The second-order valence-electron chi connectivity index (χ2n) is 5.71. The molecule has 0 spiro atoms. The molecule has 0 saturated carbocycles. The van der Waals surface area contributed by atoms with Gasteiger partial charge in [0.2, 0.25) is 0 Å². The van der Waals surface area contributed by atoms with Crippen LogP contribution in [0.3, 0.4) is 0 Å². The van der Waals surface area contributed by atoms with Crippen LogP contribution in [-0.4, -0.2) is 31.1 Å². The van der Waals surface area contributed by atoms with Gasteiger partial charge in [0, 0.05) is 25.3 Å². The van der Waals surface area contributed by atoms with Gasteiger partial charge in [-0.2, -0.15) is 0 Å². The summed E-state index contributed by atoms with van der Waals surface area (Å²) in [5.74, 6) is 0. The minimum atomic E-state index is 0.554. The minimum Gasteiger partial charge on any atom is -0.372 e. The van der Waals surface area contributed by atoms with Gasteiger partial charge >= 0.3 is 0 Å². The highest BCUT2D eigenvalue weighted by molar-refractivity contribution is 5.47. The van der Waals surface area contributed by atoms with Gasteiger partial charge in [-0.15, -0.1) is 0 Å². The molecule has 1 heterocycles. The van der Waals surface area contributed by atoms with E-state index in [-0.39, 0.29) is 0 Å². The van der Waals surface area contributed by atoms with Crippen LogP contribution in [0.15, 0.2) is 24.3 Å². The zero-order valence-corrected chi connectivity index (χ0v) is 12.0. The molecule has 0 aromatic heterocycles. The molecule has 2 rings (SSSR count). The van der Waals surface area contributed by atoms with Crippen molar-refractivity contribution in [3.05, 3.63) is 29.8 Å². The minimum absolute atomic E-state index is 0.554. The van der Waals surface area contributed by atoms with Gasteiger partial charge in [0.25, 0.3) is 0 Å². The number of likely N-dealkylation sites (tertiary alicyclic amines) is 1. The predicted molar refractivity (Wildman–Crippen MR) is 79.1 cm³/mol. The Bertz CT molecular complexity index is 350. The molecule has 18 heavy (non-hydrogen) atoms. The standard InChI is InChI=1S/C16H26N2/c1-14(2)17(3)16-9-7-15(8-10-16)13-18-11-5-4-6-12-18/h7-10,14H,4-6,11-13H2,1-3H3. The van der Waals surface area contributed by atoms with Crippen LogP contribution in [0.5, 0.6) is 0 Å². The maximum absolute atomic E-state index is 2.57. The fraction of sp³-hybridized carbons (Fsp3) is 0.625. The molecule has 1 fully saturated rings. The molecule has 1 saturated heterocycles. The van der Waals surface area contributed by atoms with Crippen molar-refractivity contribution in [3.8, 4) is 0 Å². The van der Waals surface area contributed by atoms with Crippen molar-refractivity contribution in [2.75, 3.05) is 25.0 Å². The molecule has 0 bridgehead atoms. The van der Waals surface area contributed by atoms with Crippen LogP contribution in [0.2, 0.25) is 0 Å². The number of piperidine rings is 1. The Balaban J connectivity index is 1.94. The molecule has 1 aliphatic rings. The Morgan fingerprint density at radius 2 is 1.67 bits per heavy atom. The third kappa shape index (κ3) is 3.49. The average molecular weight is 246 g/mol. The van der Waals surface area contributed by atoms with Crippen molar-refractivity contribution in [1.82, 2.24) is 4.90 Å². The highest BCUT2D eigenvalue weighted by Crippen LogP contribution is 2.18. The van der Waals surface area contributed by atoms with Crippen LogP contribution in [0.25, 0.3) is 0 Å². The average Bonchev–Trinajstić information content (AvgIpc) is 2.40. The molecule has 1 aliphatic heterocycles. The fourth-order valence-corrected chi connectivity index (χ4v) is 2.51. The second kappa shape index (κ2) is 6.24. The maximum atomic E-state index is 2.57. The fourth-order valence-electron chi connectivity index (χ4n) is 2.51. The van der Waals surface area contributed by atoms with E-state index >= 15 is 0 Å². The van der Waals surface area contributed by atoms with E-state index in [0.717, 1.165) is 6.54 Å². The number of benzene rings is 1. The Morgan fingerprint density at radius 3 is 2.22 bits per heavy atom. The summed E-state index contributed by atoms with van der Waals surface area (Å²) in [7, 11) is 2.16. The lowest BCUT2D eigenvalue weighted by Crippen LogP contribution is -2.29. The molecule has 0 amide bonds. The van der Waals surface area contributed by atoms with Crippen molar-refractivity contribution in [2.45, 2.75) is 45.7 Å². The number of rotatable bonds is 4. The maximum Gasteiger partial charge on any atom is 0.0366 e. The summed E-state index contributed by atoms with van der Waals surface area (Å²) in [6.07, 6.45) is 4.15. The molecule has 0 radical (unpaired) electrons. The Morgan fingerprint density at radius 1 is 1.06 bits per heavy atom. The van der Waals surface area contributed by atoms with Crippen molar-refractivity contribution >= 4 is 5.69 Å². The van der Waals surface area contributed by atoms with E-state index in [0.29, 0.717) is 6.04 Å². The number of hydrogen-bond acceptors (Lipinski definition) is 2. The smallest absolute Gasteiger partial charge is 0.0366 e. The topological polar surface area (TPSA) is 6.48 Å². The lowest BCUT2D eigenvalue weighted by Gasteiger charge is -2.27. The Labute approximate surface area is 112 Å². The molecule has 1 aromatic rings. The van der Waals surface area contributed by atoms with Crippen molar-refractivity contribution < 1.29 is 0 Å². The summed E-state index contributed by atoms with van der Waals surface area (Å²) in [5.41, 5.74) is 2.75. The number of hydrogen-bond donors (Lipinski definition) is 0. The number of anilines is 1. The van der Waals surface area contributed by atoms with E-state index in [1.165, 1.54) is 43.6 Å². The van der Waals surface area contributed by atoms with E-state index in [1.54, 1.807) is 0 Å². The lowest BCUT2D eigenvalue weighted by molar-refractivity contribution is 0.221. The van der Waals surface area contributed by atoms with Crippen LogP contribution in [0.1, 0.15) is 38.7 Å². The zero-order chi connectivity index (χ0) is 13.0. The first kappa shape index (κ1) is 13.4. The SMILES string of the molecule is CC(C)N(C)c1ccc(CN2CCCCC2)cc1. The van der Waals surface area contributed by atoms with Crippen LogP contribution in [0, 0.1) is 0 Å². The van der Waals surface area contributed by atoms with E-state index in [9.17, 15) is 0 Å². The summed E-state index contributed by atoms with van der Waals surface area (Å²) < 4.78 is 0. The van der Waals surface area contributed by atoms with Gasteiger partial charge in [0.05, 0.1) is 0 Å². The second-order valence-corrected chi connectivity index (χ2v) is 5.71. The number of nitrogens with zero attached hydrogens (tertiary/aromatic N) is 2. The first-order valence-corrected chi connectivity index (χ1v) is 7.21. The summed E-state index contributed by atoms with van der Waals surface area (Å²) in [4.78, 5) is 4.88. The molecule has 2 heteroatoms. The van der Waals surface area contributed by atoms with E-state index in [1.807, 2.05) is 0 Å². The summed E-state index contributed by atoms with van der Waals surface area (Å²) in [6.45, 7) is 8.11. The lowest BCUT2D eigenvalue weighted by atomic mass is 10.1. The molecule has 0 atom stereocenters. The third-order valence-corrected chi connectivity index (χ3v) is 3.97. The summed E-state index contributed by atoms with van der Waals surface area (Å²) in [6, 6.07) is 9.61. The molecule has 2 nitrogen and oxygen atoms in total. The highest BCUT2D eigenvalue weighted by atomic mass is 15.1. The van der Waals surface area contributed by atoms with Gasteiger partial charge in [-0.25, -0.2) is 0 Å². The Kier molecular flexibility index (Phi) is 4.65. The van der Waals surface area contributed by atoms with E-state index in [4.69, 9.17) is 0 Å². The molecule has 0 aliphatic carbocycles. The largest absolute Gasteiger partial charge is 0.372 e. The van der Waals surface area contributed by atoms with Crippen molar-refractivity contribution in [1.29, 1.82) is 0 Å². The first-order chi connectivity index (χ1) is 8.66. The summed E-state index contributed by atoms with van der Waals surface area (Å²) in [5, 5.41) is 0. The van der Waals surface area contributed by atoms with Crippen molar-refractivity contribution in [2.24, 2.45) is 0 Å². The molecule has 100 valence electrons. The van der Waals surface area contributed by atoms with E-state index in [2.05, 4.69) is 55.0 Å². The summed E-state index contributed by atoms with van der Waals surface area (Å²) >= 11 is 0. The van der Waals surface area contributed by atoms with Crippen LogP contribution >= 0.6 is 0 Å². The predicted octanol–water partition coefficient (Wildman–Crippen LogP) is 3.52. The monoisotopic (exact) mass is 246 g/mol. The van der Waals surface area contributed by atoms with E-state index < -0.39 is 0 Å². The molecule has 0 N–H and O–H groups in total. The van der Waals surface area contributed by atoms with Crippen LogP contribution < -0.4 is 4.90 Å². The quantitative estimate of drug-likeness (QED) is 0.802. The molecular weight excluding hydrogens is 220 g/mol. The third-order valence-electron chi connectivity index (χ3n) is 3.97. The van der Waals surface area contributed by atoms with Gasteiger partial charge in [0.15, 0.2) is 0 Å². The van der Waals surface area contributed by atoms with Crippen molar-refractivity contribution in [3.63, 3.8) is 0 Å². The Hall–Kier alpha value is -1.02. The first-order valence-electron chi connectivity index (χ1n) is 7.21. The van der Waals surface area contributed by atoms with Gasteiger partial charge < -0.3 is 4.90 Å². The molecule has 0 unspecified atom stereocenters. The normalized spacial score (nSPS) is 17.1. The highest BCUT2D eigenvalue weighted by Gasteiger charge is 2.10. The van der Waals surface area contributed by atoms with Crippen LogP contribution in [0.4, 0.5) is 5.69 Å². The van der Waals surface area contributed by atoms with Gasteiger partial charge in [0.1, 0.15) is 0 Å². The van der Waals surface area contributed by atoms with Crippen LogP contribution in [-0.2, 0) is 6.54 Å².